The number of halogens is 2. The zero-order chi connectivity index (χ0) is 11.0. The third kappa shape index (κ3) is 1.97. The van der Waals surface area contributed by atoms with E-state index < -0.39 is 0 Å². The molecule has 1 aromatic rings. The maximum absolute atomic E-state index is 6.25. The standard InChI is InChI=1S/C11H12Cl2N2/c1-3-7-5-9(12)8-4-6(2)14-11(8)15-10(7)13/h4H,3,5H2,1-2H3,(H,14,15). The monoisotopic (exact) mass is 242 g/mol. The highest BCUT2D eigenvalue weighted by molar-refractivity contribution is 6.45. The van der Waals surface area contributed by atoms with Gasteiger partial charge in [-0.05, 0) is 25.0 Å². The summed E-state index contributed by atoms with van der Waals surface area (Å²) in [6.45, 7) is 4.04. The number of fused-ring (bicyclic) bond motifs is 1. The van der Waals surface area contributed by atoms with Crippen LogP contribution in [0, 0.1) is 6.92 Å². The van der Waals surface area contributed by atoms with E-state index >= 15 is 0 Å². The Balaban J connectivity index is 2.73. The van der Waals surface area contributed by atoms with Gasteiger partial charge in [0, 0.05) is 22.4 Å². The van der Waals surface area contributed by atoms with Gasteiger partial charge in [-0.2, -0.15) is 0 Å². The van der Waals surface area contributed by atoms with Crippen molar-refractivity contribution in [3.63, 3.8) is 0 Å². The van der Waals surface area contributed by atoms with E-state index in [0.29, 0.717) is 11.6 Å². The largest absolute Gasteiger partial charge is 0.343 e. The molecule has 1 aliphatic heterocycles. The lowest BCUT2D eigenvalue weighted by Crippen LogP contribution is -2.23. The molecule has 2 heterocycles. The quantitative estimate of drug-likeness (QED) is 0.734. The van der Waals surface area contributed by atoms with Gasteiger partial charge in [0.2, 0.25) is 0 Å². The topological polar surface area (TPSA) is 28.1 Å². The minimum atomic E-state index is 0.566. The van der Waals surface area contributed by atoms with Gasteiger partial charge >= 0.3 is 0 Å². The Morgan fingerprint density at radius 1 is 1.47 bits per heavy atom. The zero-order valence-corrected chi connectivity index (χ0v) is 10.2. The van der Waals surface area contributed by atoms with Gasteiger partial charge in [-0.15, -0.1) is 0 Å². The Hall–Kier alpha value is -0.730. The fourth-order valence-electron chi connectivity index (χ4n) is 1.67. The van der Waals surface area contributed by atoms with Crippen LogP contribution in [0.3, 0.4) is 0 Å². The summed E-state index contributed by atoms with van der Waals surface area (Å²) >= 11 is 12.4. The first-order valence-electron chi connectivity index (χ1n) is 4.92. The van der Waals surface area contributed by atoms with Crippen molar-refractivity contribution < 1.29 is 0 Å². The minimum Gasteiger partial charge on any atom is -0.343 e. The third-order valence-electron chi connectivity index (χ3n) is 2.52. The molecular weight excluding hydrogens is 231 g/mol. The van der Waals surface area contributed by atoms with Gasteiger partial charge in [-0.3, -0.25) is 0 Å². The van der Waals surface area contributed by atoms with Crippen LogP contribution in [0.25, 0.3) is 5.03 Å². The van der Waals surface area contributed by atoms with Crippen molar-refractivity contribution >= 4 is 28.2 Å². The molecule has 0 radical (unpaired) electrons. The summed E-state index contributed by atoms with van der Waals surface area (Å²) in [5.74, 6) is 0. The van der Waals surface area contributed by atoms with E-state index in [2.05, 4.69) is 16.9 Å². The molecule has 0 bridgehead atoms. The Morgan fingerprint density at radius 3 is 2.87 bits per heavy atom. The maximum Gasteiger partial charge on any atom is 0.140 e. The number of hydrogen-bond acceptors (Lipinski definition) is 1. The number of aromatic nitrogens is 1. The number of rotatable bonds is 1. The lowest BCUT2D eigenvalue weighted by atomic mass is 10.1. The van der Waals surface area contributed by atoms with Crippen LogP contribution in [0.4, 0.5) is 0 Å². The maximum atomic E-state index is 6.25. The van der Waals surface area contributed by atoms with Gasteiger partial charge in [0.05, 0.1) is 0 Å². The molecule has 1 aromatic heterocycles. The van der Waals surface area contributed by atoms with E-state index in [1.54, 1.807) is 0 Å². The highest BCUT2D eigenvalue weighted by Gasteiger charge is 2.10. The van der Waals surface area contributed by atoms with Crippen LogP contribution < -0.4 is 10.7 Å². The Labute approximate surface area is 98.3 Å². The molecule has 0 saturated carbocycles. The van der Waals surface area contributed by atoms with Crippen LogP contribution in [0.5, 0.6) is 0 Å². The second-order valence-corrected chi connectivity index (χ2v) is 4.47. The van der Waals surface area contributed by atoms with E-state index in [9.17, 15) is 0 Å². The minimum absolute atomic E-state index is 0.566. The van der Waals surface area contributed by atoms with Crippen molar-refractivity contribution in [2.75, 3.05) is 0 Å². The van der Waals surface area contributed by atoms with Gasteiger partial charge in [-0.25, -0.2) is 4.99 Å². The number of aromatic amines is 1. The summed E-state index contributed by atoms with van der Waals surface area (Å²) in [5, 5.41) is 2.35. The van der Waals surface area contributed by atoms with Crippen LogP contribution in [-0.4, -0.2) is 4.98 Å². The first-order valence-corrected chi connectivity index (χ1v) is 5.68. The van der Waals surface area contributed by atoms with Gasteiger partial charge in [0.15, 0.2) is 0 Å². The van der Waals surface area contributed by atoms with Crippen LogP contribution >= 0.6 is 23.2 Å². The second-order valence-electron chi connectivity index (χ2n) is 3.66. The van der Waals surface area contributed by atoms with Gasteiger partial charge in [-0.1, -0.05) is 30.1 Å². The van der Waals surface area contributed by atoms with Crippen LogP contribution in [-0.2, 0) is 0 Å². The summed E-state index contributed by atoms with van der Waals surface area (Å²) in [7, 11) is 0. The molecule has 0 atom stereocenters. The molecule has 4 heteroatoms. The summed E-state index contributed by atoms with van der Waals surface area (Å²) in [4.78, 5) is 7.50. The number of nitrogens with zero attached hydrogens (tertiary/aromatic N) is 1. The van der Waals surface area contributed by atoms with Crippen molar-refractivity contribution in [3.8, 4) is 0 Å². The predicted molar refractivity (Wildman–Crippen MR) is 63.4 cm³/mol. The lowest BCUT2D eigenvalue weighted by Gasteiger charge is -2.01. The molecule has 0 aliphatic carbocycles. The SMILES string of the molecule is CCC1=C(Cl)N=c2[nH]c(C)cc2=C(Cl)C1. The van der Waals surface area contributed by atoms with Crippen molar-refractivity contribution in [1.82, 2.24) is 4.98 Å². The predicted octanol–water partition coefficient (Wildman–Crippen LogP) is 2.55. The summed E-state index contributed by atoms with van der Waals surface area (Å²) in [6, 6.07) is 2.00. The van der Waals surface area contributed by atoms with E-state index in [-0.39, 0.29) is 0 Å². The highest BCUT2D eigenvalue weighted by atomic mass is 35.5. The Kier molecular flexibility index (Phi) is 2.89. The van der Waals surface area contributed by atoms with Crippen molar-refractivity contribution in [2.45, 2.75) is 26.7 Å². The molecule has 2 rings (SSSR count). The molecule has 0 aromatic carbocycles. The highest BCUT2D eigenvalue weighted by Crippen LogP contribution is 2.24. The summed E-state index contributed by atoms with van der Waals surface area (Å²) < 4.78 is 0. The summed E-state index contributed by atoms with van der Waals surface area (Å²) in [6.07, 6.45) is 1.58. The van der Waals surface area contributed by atoms with Gasteiger partial charge < -0.3 is 4.98 Å². The zero-order valence-electron chi connectivity index (χ0n) is 8.69. The van der Waals surface area contributed by atoms with E-state index in [4.69, 9.17) is 23.2 Å². The molecule has 1 N–H and O–H groups in total. The fourth-order valence-corrected chi connectivity index (χ4v) is 2.26. The van der Waals surface area contributed by atoms with Crippen molar-refractivity contribution in [2.24, 2.45) is 4.99 Å². The lowest BCUT2D eigenvalue weighted by molar-refractivity contribution is 1.02. The Bertz CT molecular complexity index is 537. The normalized spacial score (nSPS) is 16.1. The molecule has 80 valence electrons. The average molecular weight is 243 g/mol. The van der Waals surface area contributed by atoms with Gasteiger partial charge in [0.1, 0.15) is 10.6 Å². The molecule has 0 spiro atoms. The molecule has 1 aliphatic rings. The first-order chi connectivity index (χ1) is 7.11. The van der Waals surface area contributed by atoms with Crippen LogP contribution in [0.1, 0.15) is 25.5 Å². The van der Waals surface area contributed by atoms with E-state index in [0.717, 1.165) is 33.4 Å². The number of nitrogens with one attached hydrogen (secondary N) is 1. The first kappa shape index (κ1) is 10.8. The van der Waals surface area contributed by atoms with Crippen LogP contribution in [0.15, 0.2) is 21.8 Å². The number of allylic oxidation sites excluding steroid dienone is 1. The second kappa shape index (κ2) is 4.03. The van der Waals surface area contributed by atoms with E-state index in [1.165, 1.54) is 0 Å². The molecule has 0 amide bonds. The van der Waals surface area contributed by atoms with Crippen molar-refractivity contribution in [3.05, 3.63) is 33.2 Å². The molecular formula is C11H12Cl2N2. The number of H-pyrrole nitrogens is 1. The molecule has 2 nitrogen and oxygen atoms in total. The molecule has 15 heavy (non-hydrogen) atoms. The van der Waals surface area contributed by atoms with Crippen molar-refractivity contribution in [1.29, 1.82) is 0 Å². The summed E-state index contributed by atoms with van der Waals surface area (Å²) in [5.41, 5.74) is 2.90. The number of aryl methyl sites for hydroxylation is 1. The average Bonchev–Trinajstić information content (AvgIpc) is 2.50. The smallest absolute Gasteiger partial charge is 0.140 e. The number of hydrogen-bond donors (Lipinski definition) is 1. The van der Waals surface area contributed by atoms with Gasteiger partial charge in [0.25, 0.3) is 0 Å². The molecule has 0 saturated heterocycles. The van der Waals surface area contributed by atoms with Crippen LogP contribution in [0.2, 0.25) is 0 Å². The third-order valence-corrected chi connectivity index (χ3v) is 3.21. The fraction of sp³-hybridized carbons (Fsp3) is 0.364. The molecule has 0 fully saturated rings. The molecule has 0 unspecified atom stereocenters. The Morgan fingerprint density at radius 2 is 2.20 bits per heavy atom. The van der Waals surface area contributed by atoms with E-state index in [1.807, 2.05) is 13.0 Å².